The van der Waals surface area contributed by atoms with Gasteiger partial charge in [-0.25, -0.2) is 14.0 Å². The summed E-state index contributed by atoms with van der Waals surface area (Å²) in [6.07, 6.45) is -2.13. The van der Waals surface area contributed by atoms with Crippen LogP contribution in [0, 0.1) is 0 Å². The Balaban J connectivity index is 1.98. The predicted octanol–water partition coefficient (Wildman–Crippen LogP) is 0.947. The second-order valence-electron chi connectivity index (χ2n) is 6.23. The average molecular weight is 399 g/mol. The van der Waals surface area contributed by atoms with Gasteiger partial charge in [-0.3, -0.25) is 14.3 Å². The van der Waals surface area contributed by atoms with Crippen molar-refractivity contribution in [2.24, 2.45) is 0 Å². The molecule has 0 radical (unpaired) electrons. The summed E-state index contributed by atoms with van der Waals surface area (Å²) in [6, 6.07) is 8.84. The van der Waals surface area contributed by atoms with Gasteiger partial charge in [0, 0.05) is 12.3 Å². The number of H-pyrrole nitrogens is 1. The number of esters is 1. The highest BCUT2D eigenvalue weighted by Gasteiger charge is 2.65. The van der Waals surface area contributed by atoms with Crippen LogP contribution in [-0.4, -0.2) is 44.1 Å². The molecule has 2 heterocycles. The fourth-order valence-electron chi connectivity index (χ4n) is 2.93. The number of aliphatic hydroxyl groups is 1. The highest BCUT2D eigenvalue weighted by molar-refractivity contribution is 6.24. The third-order valence-electron chi connectivity index (χ3n) is 4.25. The maximum Gasteiger partial charge on any atom is 0.338 e. The predicted molar refractivity (Wildman–Crippen MR) is 92.3 cm³/mol. The first-order valence-corrected chi connectivity index (χ1v) is 8.31. The van der Waals surface area contributed by atoms with Crippen LogP contribution in [0.3, 0.4) is 0 Å². The first kappa shape index (κ1) is 19.3. The number of aromatic nitrogens is 2. The maximum atomic E-state index is 15.2. The number of nitrogens with zero attached hydrogens (tertiary/aromatic N) is 1. The van der Waals surface area contributed by atoms with Crippen molar-refractivity contribution < 1.29 is 23.8 Å². The molecule has 27 heavy (non-hydrogen) atoms. The zero-order valence-electron chi connectivity index (χ0n) is 14.1. The van der Waals surface area contributed by atoms with Crippen LogP contribution in [0.1, 0.15) is 23.5 Å². The maximum absolute atomic E-state index is 15.2. The van der Waals surface area contributed by atoms with Crippen molar-refractivity contribution in [3.63, 3.8) is 0 Å². The summed E-state index contributed by atoms with van der Waals surface area (Å²) in [7, 11) is 0. The van der Waals surface area contributed by atoms with Crippen LogP contribution in [-0.2, 0) is 9.47 Å². The molecule has 4 atom stereocenters. The summed E-state index contributed by atoms with van der Waals surface area (Å²) in [5.41, 5.74) is -1.41. The smallest absolute Gasteiger partial charge is 0.338 e. The van der Waals surface area contributed by atoms with Crippen molar-refractivity contribution >= 4 is 17.6 Å². The molecule has 1 aromatic carbocycles. The number of aliphatic hydroxyl groups excluding tert-OH is 1. The molecule has 1 aliphatic heterocycles. The van der Waals surface area contributed by atoms with Gasteiger partial charge in [0.05, 0.1) is 5.56 Å². The second-order valence-corrected chi connectivity index (χ2v) is 7.05. The number of benzene rings is 1. The number of nitrogens with one attached hydrogen (secondary N) is 1. The Morgan fingerprint density at radius 2 is 2.04 bits per heavy atom. The van der Waals surface area contributed by atoms with Crippen LogP contribution in [0.25, 0.3) is 0 Å². The van der Waals surface area contributed by atoms with Crippen molar-refractivity contribution in [1.29, 1.82) is 0 Å². The molecule has 2 aromatic rings. The number of carbonyl (C=O) groups is 1. The van der Waals surface area contributed by atoms with Gasteiger partial charge in [-0.1, -0.05) is 18.2 Å². The van der Waals surface area contributed by atoms with E-state index < -0.39 is 46.9 Å². The van der Waals surface area contributed by atoms with E-state index in [0.717, 1.165) is 16.8 Å². The number of halogens is 2. The highest BCUT2D eigenvalue weighted by atomic mass is 35.5. The molecule has 0 spiro atoms. The number of alkyl halides is 2. The Kier molecular flexibility index (Phi) is 4.94. The summed E-state index contributed by atoms with van der Waals surface area (Å²) in [5, 5.41) is 9.49. The third kappa shape index (κ3) is 3.41. The van der Waals surface area contributed by atoms with Crippen molar-refractivity contribution in [3.05, 3.63) is 69.0 Å². The van der Waals surface area contributed by atoms with Crippen LogP contribution >= 0.6 is 11.6 Å². The topological polar surface area (TPSA) is 111 Å². The summed E-state index contributed by atoms with van der Waals surface area (Å²) in [4.78, 5) is 35.9. The largest absolute Gasteiger partial charge is 0.450 e. The van der Waals surface area contributed by atoms with Crippen molar-refractivity contribution in [1.82, 2.24) is 9.55 Å². The molecule has 1 aliphatic rings. The Morgan fingerprint density at radius 3 is 2.63 bits per heavy atom. The Bertz CT molecular complexity index is 960. The normalized spacial score (nSPS) is 30.2. The van der Waals surface area contributed by atoms with Crippen LogP contribution in [0.15, 0.2) is 52.2 Å². The lowest BCUT2D eigenvalue weighted by Crippen LogP contribution is -2.49. The molecule has 144 valence electrons. The SMILES string of the molecule is CC1(Cl)C(n2ccc(=O)[nH]c2=O)OC(F)(CO)C1OC(=O)c1ccccc1. The van der Waals surface area contributed by atoms with Gasteiger partial charge < -0.3 is 14.6 Å². The lowest BCUT2D eigenvalue weighted by Gasteiger charge is -2.30. The molecule has 0 aliphatic carbocycles. The zero-order chi connectivity index (χ0) is 19.8. The Labute approximate surface area is 157 Å². The number of hydrogen-bond donors (Lipinski definition) is 2. The minimum Gasteiger partial charge on any atom is -0.450 e. The van der Waals surface area contributed by atoms with Gasteiger partial charge in [0.1, 0.15) is 11.5 Å². The lowest BCUT2D eigenvalue weighted by atomic mass is 9.99. The van der Waals surface area contributed by atoms with E-state index in [0.29, 0.717) is 0 Å². The number of ether oxygens (including phenoxy) is 2. The molecule has 8 nitrogen and oxygen atoms in total. The van der Waals surface area contributed by atoms with Crippen molar-refractivity contribution in [2.75, 3.05) is 6.61 Å². The third-order valence-corrected chi connectivity index (χ3v) is 4.63. The standard InChI is InChI=1S/C17H16ClFN2O6/c1-16(18)13(26-12(24)10-5-3-2-4-6-10)17(19,9-22)27-14(16)21-8-7-11(23)20-15(21)25/h2-8,13-14,22H,9H2,1H3,(H,20,23,25). The fraction of sp³-hybridized carbons (Fsp3) is 0.353. The van der Waals surface area contributed by atoms with E-state index in [1.807, 2.05) is 4.98 Å². The van der Waals surface area contributed by atoms with E-state index >= 15 is 4.39 Å². The van der Waals surface area contributed by atoms with E-state index in [1.54, 1.807) is 18.2 Å². The zero-order valence-corrected chi connectivity index (χ0v) is 14.9. The van der Waals surface area contributed by atoms with Gasteiger partial charge in [0.25, 0.3) is 11.4 Å². The van der Waals surface area contributed by atoms with Crippen LogP contribution in [0.5, 0.6) is 0 Å². The number of carbonyl (C=O) groups excluding carboxylic acids is 1. The van der Waals surface area contributed by atoms with Gasteiger partial charge in [-0.05, 0) is 19.1 Å². The van der Waals surface area contributed by atoms with E-state index in [4.69, 9.17) is 21.1 Å². The minimum atomic E-state index is -2.86. The van der Waals surface area contributed by atoms with Crippen molar-refractivity contribution in [3.8, 4) is 0 Å². The quantitative estimate of drug-likeness (QED) is 0.586. The van der Waals surface area contributed by atoms with Gasteiger partial charge in [0.2, 0.25) is 0 Å². The monoisotopic (exact) mass is 398 g/mol. The molecular formula is C17H16ClFN2O6. The summed E-state index contributed by atoms with van der Waals surface area (Å²) in [6.45, 7) is 0.132. The molecule has 4 unspecified atom stereocenters. The van der Waals surface area contributed by atoms with Gasteiger partial charge >= 0.3 is 11.7 Å². The second kappa shape index (κ2) is 6.91. The molecule has 1 aromatic heterocycles. The summed E-state index contributed by atoms with van der Waals surface area (Å²) in [5.74, 6) is -3.73. The molecular weight excluding hydrogens is 383 g/mol. The van der Waals surface area contributed by atoms with E-state index in [1.165, 1.54) is 19.1 Å². The first-order chi connectivity index (χ1) is 12.7. The van der Waals surface area contributed by atoms with Gasteiger partial charge in [-0.15, -0.1) is 11.6 Å². The van der Waals surface area contributed by atoms with Crippen LogP contribution in [0.2, 0.25) is 0 Å². The highest BCUT2D eigenvalue weighted by Crippen LogP contribution is 2.50. The lowest BCUT2D eigenvalue weighted by molar-refractivity contribution is -0.207. The van der Waals surface area contributed by atoms with Crippen LogP contribution < -0.4 is 11.2 Å². The number of aromatic amines is 1. The average Bonchev–Trinajstić information content (AvgIpc) is 2.83. The molecule has 0 bridgehead atoms. The molecule has 2 N–H and O–H groups in total. The van der Waals surface area contributed by atoms with E-state index in [9.17, 15) is 19.5 Å². The molecule has 0 amide bonds. The number of rotatable bonds is 4. The molecule has 3 rings (SSSR count). The van der Waals surface area contributed by atoms with E-state index in [2.05, 4.69) is 0 Å². The Hall–Kier alpha value is -2.49. The summed E-state index contributed by atoms with van der Waals surface area (Å²) < 4.78 is 26.5. The molecule has 1 saturated heterocycles. The summed E-state index contributed by atoms with van der Waals surface area (Å²) >= 11 is 6.44. The van der Waals surface area contributed by atoms with Crippen molar-refractivity contribution in [2.45, 2.75) is 30.0 Å². The van der Waals surface area contributed by atoms with E-state index in [-0.39, 0.29) is 5.56 Å². The Morgan fingerprint density at radius 1 is 1.37 bits per heavy atom. The molecule has 10 heteroatoms. The molecule has 1 fully saturated rings. The minimum absolute atomic E-state index is 0.148. The van der Waals surface area contributed by atoms with Crippen LogP contribution in [0.4, 0.5) is 4.39 Å². The first-order valence-electron chi connectivity index (χ1n) is 7.93. The van der Waals surface area contributed by atoms with Gasteiger partial charge in [-0.2, -0.15) is 0 Å². The fourth-order valence-corrected chi connectivity index (χ4v) is 3.28. The number of hydrogen-bond acceptors (Lipinski definition) is 6. The van der Waals surface area contributed by atoms with Gasteiger partial charge in [0.15, 0.2) is 12.3 Å². The molecule has 0 saturated carbocycles.